The van der Waals surface area contributed by atoms with E-state index in [-0.39, 0.29) is 44.3 Å². The third-order valence-corrected chi connectivity index (χ3v) is 7.21. The van der Waals surface area contributed by atoms with Gasteiger partial charge >= 0.3 is 12.0 Å². The SMILES string of the molecule is COc1ccc(CCN2C[C@H]3N(C(=O)CN(C)N3C(=O)NCc3ccc(OC)cc3)[C@@H](CCC(=O)O)C2=O)cc1. The van der Waals surface area contributed by atoms with Crippen LogP contribution in [-0.2, 0) is 27.3 Å². The van der Waals surface area contributed by atoms with Crippen LogP contribution in [0.25, 0.3) is 0 Å². The summed E-state index contributed by atoms with van der Waals surface area (Å²) in [6, 6.07) is 13.4. The van der Waals surface area contributed by atoms with Crippen LogP contribution in [0, 0.1) is 0 Å². The molecule has 40 heavy (non-hydrogen) atoms. The average Bonchev–Trinajstić information content (AvgIpc) is 2.95. The number of carbonyl (C=O) groups excluding carboxylic acids is 3. The van der Waals surface area contributed by atoms with Crippen LogP contribution in [0.15, 0.2) is 48.5 Å². The van der Waals surface area contributed by atoms with Crippen LogP contribution >= 0.6 is 0 Å². The number of hydrazine groups is 1. The summed E-state index contributed by atoms with van der Waals surface area (Å²) in [5.74, 6) is -0.278. The van der Waals surface area contributed by atoms with Crippen molar-refractivity contribution in [1.29, 1.82) is 0 Å². The molecule has 2 saturated heterocycles. The summed E-state index contributed by atoms with van der Waals surface area (Å²) in [5, 5.41) is 15.2. The lowest BCUT2D eigenvalue weighted by Crippen LogP contribution is -2.76. The number of nitrogens with zero attached hydrogens (tertiary/aromatic N) is 4. The predicted molar refractivity (Wildman–Crippen MR) is 144 cm³/mol. The van der Waals surface area contributed by atoms with E-state index in [1.165, 1.54) is 9.91 Å². The summed E-state index contributed by atoms with van der Waals surface area (Å²) in [5.41, 5.74) is 1.85. The van der Waals surface area contributed by atoms with Gasteiger partial charge in [-0.05, 0) is 48.2 Å². The van der Waals surface area contributed by atoms with E-state index in [0.29, 0.717) is 18.7 Å². The molecule has 2 N–H and O–H groups in total. The number of fused-ring (bicyclic) bond motifs is 1. The Kier molecular flexibility index (Phi) is 9.10. The molecule has 0 radical (unpaired) electrons. The van der Waals surface area contributed by atoms with Crippen molar-refractivity contribution in [3.63, 3.8) is 0 Å². The van der Waals surface area contributed by atoms with Gasteiger partial charge in [-0.3, -0.25) is 14.4 Å². The molecule has 0 unspecified atom stereocenters. The van der Waals surface area contributed by atoms with Gasteiger partial charge in [-0.15, -0.1) is 0 Å². The quantitative estimate of drug-likeness (QED) is 0.453. The Hall–Kier alpha value is -4.32. The summed E-state index contributed by atoms with van der Waals surface area (Å²) >= 11 is 0. The fraction of sp³-hybridized carbons (Fsp3) is 0.429. The number of carbonyl (C=O) groups is 4. The molecule has 2 heterocycles. The zero-order chi connectivity index (χ0) is 28.8. The van der Waals surface area contributed by atoms with Crippen molar-refractivity contribution in [2.45, 2.75) is 38.0 Å². The van der Waals surface area contributed by atoms with Crippen LogP contribution in [0.5, 0.6) is 11.5 Å². The first kappa shape index (κ1) is 28.7. The molecule has 2 aliphatic rings. The van der Waals surface area contributed by atoms with E-state index >= 15 is 0 Å². The van der Waals surface area contributed by atoms with Gasteiger partial charge < -0.3 is 29.7 Å². The van der Waals surface area contributed by atoms with Crippen molar-refractivity contribution in [3.8, 4) is 11.5 Å². The fourth-order valence-electron chi connectivity index (χ4n) is 5.10. The normalized spacial score (nSPS) is 19.3. The first-order chi connectivity index (χ1) is 19.2. The molecule has 0 spiro atoms. The van der Waals surface area contributed by atoms with Crippen LogP contribution < -0.4 is 14.8 Å². The summed E-state index contributed by atoms with van der Waals surface area (Å²) in [6.45, 7) is 0.578. The zero-order valence-corrected chi connectivity index (χ0v) is 22.9. The average molecular weight is 554 g/mol. The summed E-state index contributed by atoms with van der Waals surface area (Å²) in [4.78, 5) is 54.6. The number of aliphatic carboxylic acids is 1. The van der Waals surface area contributed by atoms with Gasteiger partial charge in [-0.2, -0.15) is 0 Å². The van der Waals surface area contributed by atoms with E-state index in [0.717, 1.165) is 16.9 Å². The molecule has 0 aliphatic carbocycles. The van der Waals surface area contributed by atoms with Gasteiger partial charge in [0.1, 0.15) is 23.7 Å². The number of likely N-dealkylation sites (N-methyl/N-ethyl adjacent to an activating group) is 1. The lowest BCUT2D eigenvalue weighted by atomic mass is 10.0. The maximum atomic E-state index is 13.6. The Morgan fingerprint density at radius 3 is 2.15 bits per heavy atom. The number of hydrogen-bond donors (Lipinski definition) is 2. The molecule has 2 atom stereocenters. The molecular weight excluding hydrogens is 518 g/mol. The Morgan fingerprint density at radius 1 is 0.975 bits per heavy atom. The molecule has 4 rings (SSSR count). The molecule has 2 aromatic rings. The summed E-state index contributed by atoms with van der Waals surface area (Å²) in [7, 11) is 4.81. The highest BCUT2D eigenvalue weighted by molar-refractivity contribution is 5.91. The largest absolute Gasteiger partial charge is 0.497 e. The maximum Gasteiger partial charge on any atom is 0.334 e. The molecule has 0 saturated carbocycles. The predicted octanol–water partition coefficient (Wildman–Crippen LogP) is 1.55. The van der Waals surface area contributed by atoms with Gasteiger partial charge in [0.05, 0.1) is 27.3 Å². The van der Waals surface area contributed by atoms with Crippen LogP contribution in [0.2, 0.25) is 0 Å². The number of urea groups is 1. The molecule has 4 amide bonds. The minimum atomic E-state index is -1.06. The van der Waals surface area contributed by atoms with Gasteiger partial charge in [0.2, 0.25) is 11.8 Å². The second-order valence-electron chi connectivity index (χ2n) is 9.78. The van der Waals surface area contributed by atoms with Crippen LogP contribution in [0.1, 0.15) is 24.0 Å². The first-order valence-electron chi connectivity index (χ1n) is 13.1. The molecule has 12 nitrogen and oxygen atoms in total. The topological polar surface area (TPSA) is 132 Å². The van der Waals surface area contributed by atoms with Crippen LogP contribution in [0.3, 0.4) is 0 Å². The lowest BCUT2D eigenvalue weighted by molar-refractivity contribution is -0.187. The monoisotopic (exact) mass is 553 g/mol. The number of carboxylic acid groups (broad SMARTS) is 1. The summed E-state index contributed by atoms with van der Waals surface area (Å²) in [6.07, 6.45) is -0.560. The van der Waals surface area contributed by atoms with Crippen molar-refractivity contribution >= 4 is 23.8 Å². The van der Waals surface area contributed by atoms with E-state index in [1.54, 1.807) is 43.3 Å². The highest BCUT2D eigenvalue weighted by atomic mass is 16.5. The molecule has 0 bridgehead atoms. The number of benzene rings is 2. The number of nitrogens with one attached hydrogen (secondary N) is 1. The van der Waals surface area contributed by atoms with Gasteiger partial charge in [0.25, 0.3) is 0 Å². The van der Waals surface area contributed by atoms with E-state index < -0.39 is 24.2 Å². The molecule has 2 fully saturated rings. The molecule has 2 aromatic carbocycles. The number of rotatable bonds is 10. The number of ether oxygens (including phenoxy) is 2. The van der Waals surface area contributed by atoms with E-state index in [1.807, 2.05) is 36.4 Å². The van der Waals surface area contributed by atoms with E-state index in [2.05, 4.69) is 5.32 Å². The second-order valence-corrected chi connectivity index (χ2v) is 9.78. The third kappa shape index (κ3) is 6.45. The number of carboxylic acids is 1. The highest BCUT2D eigenvalue weighted by Crippen LogP contribution is 2.28. The van der Waals surface area contributed by atoms with Crippen molar-refractivity contribution in [3.05, 3.63) is 59.7 Å². The first-order valence-corrected chi connectivity index (χ1v) is 13.1. The Bertz CT molecular complexity index is 1220. The van der Waals surface area contributed by atoms with Gasteiger partial charge in [-0.1, -0.05) is 24.3 Å². The molecular formula is C28H35N5O7. The van der Waals surface area contributed by atoms with Crippen molar-refractivity contribution in [2.24, 2.45) is 0 Å². The van der Waals surface area contributed by atoms with Crippen molar-refractivity contribution in [1.82, 2.24) is 25.1 Å². The standard InChI is InChI=1S/C28H35N5O7/c1-30-18-25(34)32-23(12-13-26(35)36)27(37)31(15-14-19-4-8-21(39-2)9-5-19)17-24(32)33(30)28(38)29-16-20-6-10-22(40-3)11-7-20/h4-11,23-24H,12-18H2,1-3H3,(H,29,38)(H,35,36)/t23-,24-/m0/s1. The minimum absolute atomic E-state index is 0.0412. The van der Waals surface area contributed by atoms with Crippen molar-refractivity contribution in [2.75, 3.05) is 40.9 Å². The number of amides is 4. The molecule has 2 aliphatic heterocycles. The van der Waals surface area contributed by atoms with E-state index in [4.69, 9.17) is 9.47 Å². The van der Waals surface area contributed by atoms with Crippen LogP contribution in [-0.4, -0.2) is 102 Å². The second kappa shape index (κ2) is 12.7. The van der Waals surface area contributed by atoms with Gasteiger partial charge in [0.15, 0.2) is 0 Å². The Balaban J connectivity index is 1.54. The zero-order valence-electron chi connectivity index (χ0n) is 22.9. The molecule has 214 valence electrons. The summed E-state index contributed by atoms with van der Waals surface area (Å²) < 4.78 is 10.4. The highest BCUT2D eigenvalue weighted by Gasteiger charge is 2.50. The smallest absolute Gasteiger partial charge is 0.334 e. The maximum absolute atomic E-state index is 13.6. The van der Waals surface area contributed by atoms with Gasteiger partial charge in [-0.25, -0.2) is 14.8 Å². The fourth-order valence-corrected chi connectivity index (χ4v) is 5.10. The minimum Gasteiger partial charge on any atom is -0.497 e. The van der Waals surface area contributed by atoms with Crippen LogP contribution in [0.4, 0.5) is 4.79 Å². The lowest BCUT2D eigenvalue weighted by Gasteiger charge is -2.54. The molecule has 12 heteroatoms. The van der Waals surface area contributed by atoms with Crippen molar-refractivity contribution < 1.29 is 33.8 Å². The Morgan fingerprint density at radius 2 is 1.57 bits per heavy atom. The third-order valence-electron chi connectivity index (χ3n) is 7.21. The number of piperazine rings is 1. The number of methoxy groups -OCH3 is 2. The number of hydrogen-bond acceptors (Lipinski definition) is 7. The van der Waals surface area contributed by atoms with E-state index in [9.17, 15) is 24.3 Å². The Labute approximate surface area is 233 Å². The van der Waals surface area contributed by atoms with Gasteiger partial charge in [0, 0.05) is 26.6 Å². The molecule has 0 aromatic heterocycles.